The van der Waals surface area contributed by atoms with Crippen LogP contribution in [0.5, 0.6) is 0 Å². The van der Waals surface area contributed by atoms with E-state index in [2.05, 4.69) is 9.72 Å². The van der Waals surface area contributed by atoms with Gasteiger partial charge in [-0.1, -0.05) is 30.3 Å². The highest BCUT2D eigenvalue weighted by Crippen LogP contribution is 2.42. The van der Waals surface area contributed by atoms with E-state index in [-0.39, 0.29) is 6.61 Å². The molecule has 10 heteroatoms. The predicted octanol–water partition coefficient (Wildman–Crippen LogP) is 3.58. The van der Waals surface area contributed by atoms with E-state index in [0.29, 0.717) is 11.3 Å². The maximum atomic E-state index is 13.8. The zero-order valence-electron chi connectivity index (χ0n) is 16.9. The van der Waals surface area contributed by atoms with E-state index in [1.54, 1.807) is 42.6 Å². The van der Waals surface area contributed by atoms with Crippen LogP contribution in [0, 0.1) is 0 Å². The smallest absolute Gasteiger partial charge is 0.404 e. The summed E-state index contributed by atoms with van der Waals surface area (Å²) >= 11 is 0. The fourth-order valence-corrected chi connectivity index (χ4v) is 3.65. The van der Waals surface area contributed by atoms with Gasteiger partial charge >= 0.3 is 12.5 Å². The first-order chi connectivity index (χ1) is 14.6. The third-order valence-corrected chi connectivity index (χ3v) is 5.02. The number of pyridine rings is 1. The maximum Gasteiger partial charge on any atom is 0.404 e. The summed E-state index contributed by atoms with van der Waals surface area (Å²) in [6, 6.07) is 9.21. The van der Waals surface area contributed by atoms with Crippen molar-refractivity contribution >= 4 is 12.0 Å². The van der Waals surface area contributed by atoms with E-state index in [1.807, 2.05) is 0 Å². The number of hydrogen-bond donors (Lipinski definition) is 1. The summed E-state index contributed by atoms with van der Waals surface area (Å²) in [7, 11) is 0. The third kappa shape index (κ3) is 4.79. The molecule has 166 valence electrons. The minimum Gasteiger partial charge on any atom is -0.443 e. The number of primary amides is 1. The van der Waals surface area contributed by atoms with Crippen molar-refractivity contribution < 1.29 is 32.2 Å². The number of ether oxygens (including phenoxy) is 2. The number of amides is 2. The average Bonchev–Trinajstić information content (AvgIpc) is 3.02. The number of nitrogens with zero attached hydrogens (tertiary/aromatic N) is 2. The second-order valence-electron chi connectivity index (χ2n) is 7.48. The van der Waals surface area contributed by atoms with E-state index < -0.39 is 43.0 Å². The lowest BCUT2D eigenvalue weighted by atomic mass is 9.99. The van der Waals surface area contributed by atoms with Crippen LogP contribution in [0.2, 0.25) is 0 Å². The van der Waals surface area contributed by atoms with Crippen LogP contribution in [0.25, 0.3) is 11.1 Å². The van der Waals surface area contributed by atoms with Gasteiger partial charge in [0.25, 0.3) is 5.91 Å². The Balaban J connectivity index is 1.79. The number of carbonyl (C=O) groups is 2. The number of aromatic nitrogens is 1. The second kappa shape index (κ2) is 8.93. The molecule has 1 saturated heterocycles. The summed E-state index contributed by atoms with van der Waals surface area (Å²) in [5.74, 6) is -1.46. The Bertz CT molecular complexity index is 936. The van der Waals surface area contributed by atoms with E-state index in [0.717, 1.165) is 16.0 Å². The Morgan fingerprint density at radius 2 is 1.84 bits per heavy atom. The monoisotopic (exact) mass is 437 g/mol. The number of nitrogens with two attached hydrogens (primary N) is 1. The van der Waals surface area contributed by atoms with Crippen LogP contribution in [0.3, 0.4) is 0 Å². The van der Waals surface area contributed by atoms with Crippen molar-refractivity contribution in [2.45, 2.75) is 44.8 Å². The summed E-state index contributed by atoms with van der Waals surface area (Å²) in [6.45, 7) is 1.85. The van der Waals surface area contributed by atoms with Crippen LogP contribution in [-0.4, -0.2) is 46.8 Å². The Hall–Kier alpha value is -3.14. The lowest BCUT2D eigenvalue weighted by molar-refractivity contribution is -0.159. The lowest BCUT2D eigenvalue weighted by Crippen LogP contribution is -2.51. The van der Waals surface area contributed by atoms with Gasteiger partial charge in [0, 0.05) is 11.8 Å². The maximum absolute atomic E-state index is 13.8. The molecule has 2 amide bonds. The normalized spacial score (nSPS) is 20.1. The van der Waals surface area contributed by atoms with Crippen LogP contribution < -0.4 is 5.73 Å². The van der Waals surface area contributed by atoms with Crippen molar-refractivity contribution in [3.63, 3.8) is 0 Å². The Labute approximate surface area is 176 Å². The highest BCUT2D eigenvalue weighted by molar-refractivity contribution is 5.80. The summed E-state index contributed by atoms with van der Waals surface area (Å²) in [4.78, 5) is 27.6. The molecule has 3 rings (SSSR count). The SMILES string of the molecule is CC1(C)O[C@H](c2ccc(-c3ccc(COC(N)=O)nc3)cc2)[C@@H](CF)N1C(=O)C(F)F. The molecule has 0 aliphatic carbocycles. The molecule has 0 saturated carbocycles. The molecule has 1 aromatic carbocycles. The van der Waals surface area contributed by atoms with Gasteiger partial charge in [-0.2, -0.15) is 8.78 Å². The number of benzene rings is 1. The molecule has 0 spiro atoms. The van der Waals surface area contributed by atoms with Gasteiger partial charge in [-0.15, -0.1) is 0 Å². The average molecular weight is 437 g/mol. The van der Waals surface area contributed by atoms with Gasteiger partial charge in [-0.25, -0.2) is 9.18 Å². The minimum absolute atomic E-state index is 0.0399. The van der Waals surface area contributed by atoms with Crippen molar-refractivity contribution in [1.82, 2.24) is 9.88 Å². The summed E-state index contributed by atoms with van der Waals surface area (Å²) in [6.07, 6.45) is -3.43. The number of alkyl halides is 3. The van der Waals surface area contributed by atoms with Crippen LogP contribution in [0.4, 0.5) is 18.0 Å². The van der Waals surface area contributed by atoms with Gasteiger partial charge in [-0.05, 0) is 31.0 Å². The van der Waals surface area contributed by atoms with Crippen LogP contribution in [0.1, 0.15) is 31.2 Å². The van der Waals surface area contributed by atoms with Gasteiger partial charge in [0.1, 0.15) is 25.1 Å². The van der Waals surface area contributed by atoms with Gasteiger partial charge < -0.3 is 20.1 Å². The zero-order chi connectivity index (χ0) is 22.8. The van der Waals surface area contributed by atoms with Gasteiger partial charge in [-0.3, -0.25) is 9.78 Å². The minimum atomic E-state index is -3.25. The van der Waals surface area contributed by atoms with Crippen molar-refractivity contribution in [1.29, 1.82) is 0 Å². The van der Waals surface area contributed by atoms with E-state index in [4.69, 9.17) is 10.5 Å². The molecule has 2 heterocycles. The molecule has 2 aromatic rings. The fourth-order valence-electron chi connectivity index (χ4n) is 3.65. The van der Waals surface area contributed by atoms with E-state index in [9.17, 15) is 22.8 Å². The summed E-state index contributed by atoms with van der Waals surface area (Å²) in [5.41, 5.74) is 6.21. The van der Waals surface area contributed by atoms with Crippen LogP contribution in [-0.2, 0) is 20.9 Å². The topological polar surface area (TPSA) is 94.8 Å². The third-order valence-electron chi connectivity index (χ3n) is 5.02. The molecule has 1 aliphatic heterocycles. The summed E-state index contributed by atoms with van der Waals surface area (Å²) < 4.78 is 50.3. The highest BCUT2D eigenvalue weighted by atomic mass is 19.3. The van der Waals surface area contributed by atoms with Crippen LogP contribution in [0.15, 0.2) is 42.6 Å². The fraction of sp³-hybridized carbons (Fsp3) is 0.381. The lowest BCUT2D eigenvalue weighted by Gasteiger charge is -2.32. The van der Waals surface area contributed by atoms with Gasteiger partial charge in [0.2, 0.25) is 0 Å². The standard InChI is InChI=1S/C21H22F3N3O4/c1-21(2)27(19(28)18(23)24)16(9-22)17(31-21)13-5-3-12(4-6-13)14-7-8-15(26-10-14)11-30-20(25)29/h3-8,10,16-18H,9,11H2,1-2H3,(H2,25,29)/t16-,17-/m1/s1. The number of rotatable bonds is 6. The molecule has 0 unspecified atom stereocenters. The number of carbonyl (C=O) groups excluding carboxylic acids is 2. The molecular formula is C21H22F3N3O4. The number of halogens is 3. The molecular weight excluding hydrogens is 415 g/mol. The van der Waals surface area contributed by atoms with Crippen molar-refractivity contribution in [2.24, 2.45) is 5.73 Å². The first-order valence-electron chi connectivity index (χ1n) is 9.46. The van der Waals surface area contributed by atoms with Crippen molar-refractivity contribution in [3.8, 4) is 11.1 Å². The zero-order valence-corrected chi connectivity index (χ0v) is 16.9. The Morgan fingerprint density at radius 3 is 2.35 bits per heavy atom. The second-order valence-corrected chi connectivity index (χ2v) is 7.48. The molecule has 7 nitrogen and oxygen atoms in total. The molecule has 2 N–H and O–H groups in total. The van der Waals surface area contributed by atoms with Gasteiger partial charge in [0.05, 0.1) is 11.7 Å². The van der Waals surface area contributed by atoms with Gasteiger partial charge in [0.15, 0.2) is 0 Å². The van der Waals surface area contributed by atoms with E-state index in [1.165, 1.54) is 13.8 Å². The summed E-state index contributed by atoms with van der Waals surface area (Å²) in [5, 5.41) is 0. The molecule has 1 fully saturated rings. The number of hydrogen-bond acceptors (Lipinski definition) is 5. The predicted molar refractivity (Wildman–Crippen MR) is 105 cm³/mol. The van der Waals surface area contributed by atoms with Crippen LogP contribution >= 0.6 is 0 Å². The largest absolute Gasteiger partial charge is 0.443 e. The van der Waals surface area contributed by atoms with Crippen molar-refractivity contribution in [2.75, 3.05) is 6.67 Å². The first-order valence-corrected chi connectivity index (χ1v) is 9.46. The van der Waals surface area contributed by atoms with Crippen molar-refractivity contribution in [3.05, 3.63) is 53.9 Å². The molecule has 2 atom stereocenters. The first kappa shape index (κ1) is 22.5. The molecule has 0 radical (unpaired) electrons. The van der Waals surface area contributed by atoms with E-state index >= 15 is 0 Å². The molecule has 1 aromatic heterocycles. The quantitative estimate of drug-likeness (QED) is 0.746. The molecule has 31 heavy (non-hydrogen) atoms. The molecule has 0 bridgehead atoms. The Morgan fingerprint density at radius 1 is 1.19 bits per heavy atom. The highest BCUT2D eigenvalue weighted by Gasteiger charge is 2.52. The Kier molecular flexibility index (Phi) is 6.49. The molecule has 1 aliphatic rings.